The van der Waals surface area contributed by atoms with E-state index in [2.05, 4.69) is 5.32 Å². The number of benzene rings is 3. The molecule has 1 saturated heterocycles. The number of ether oxygens (including phenoxy) is 1. The molecule has 1 aliphatic rings. The van der Waals surface area contributed by atoms with Crippen molar-refractivity contribution in [3.05, 3.63) is 78.4 Å². The smallest absolute Gasteiger partial charge is 0.311 e. The quantitative estimate of drug-likeness (QED) is 0.618. The van der Waals surface area contributed by atoms with Crippen molar-refractivity contribution in [2.24, 2.45) is 5.92 Å². The van der Waals surface area contributed by atoms with E-state index in [0.29, 0.717) is 12.2 Å². The van der Waals surface area contributed by atoms with Crippen molar-refractivity contribution in [1.29, 1.82) is 0 Å². The number of hydrogen-bond acceptors (Lipinski definition) is 4. The summed E-state index contributed by atoms with van der Waals surface area (Å²) in [6, 6.07) is 22.9. The highest BCUT2D eigenvalue weighted by atomic mass is 16.5. The number of hydrogen-bond donors (Lipinski definition) is 1. The third-order valence-electron chi connectivity index (χ3n) is 5.65. The van der Waals surface area contributed by atoms with Crippen molar-refractivity contribution in [2.75, 3.05) is 18.5 Å². The van der Waals surface area contributed by atoms with Crippen LogP contribution in [0.4, 0.5) is 5.69 Å². The van der Waals surface area contributed by atoms with Gasteiger partial charge in [-0.15, -0.1) is 0 Å². The molecular formula is C25H24N2O4. The van der Waals surface area contributed by atoms with Gasteiger partial charge in [-0.25, -0.2) is 0 Å². The lowest BCUT2D eigenvalue weighted by Crippen LogP contribution is -2.30. The maximum absolute atomic E-state index is 12.5. The molecule has 0 unspecified atom stereocenters. The van der Waals surface area contributed by atoms with Crippen LogP contribution in [-0.2, 0) is 19.1 Å². The predicted octanol–water partition coefficient (Wildman–Crippen LogP) is 3.93. The molecule has 31 heavy (non-hydrogen) atoms. The van der Waals surface area contributed by atoms with Crippen LogP contribution in [0.25, 0.3) is 10.8 Å². The zero-order valence-electron chi connectivity index (χ0n) is 17.3. The minimum absolute atomic E-state index is 0.0847. The van der Waals surface area contributed by atoms with Crippen LogP contribution in [0.2, 0.25) is 0 Å². The molecule has 0 aromatic heterocycles. The predicted molar refractivity (Wildman–Crippen MR) is 118 cm³/mol. The summed E-state index contributed by atoms with van der Waals surface area (Å²) in [5, 5.41) is 4.72. The molecule has 3 aromatic carbocycles. The molecular weight excluding hydrogens is 392 g/mol. The number of amides is 2. The Balaban J connectivity index is 1.32. The van der Waals surface area contributed by atoms with E-state index < -0.39 is 17.8 Å². The van der Waals surface area contributed by atoms with E-state index in [-0.39, 0.29) is 25.0 Å². The highest BCUT2D eigenvalue weighted by molar-refractivity contribution is 6.02. The van der Waals surface area contributed by atoms with Gasteiger partial charge in [0.15, 0.2) is 6.61 Å². The van der Waals surface area contributed by atoms with Crippen molar-refractivity contribution >= 4 is 34.2 Å². The second-order valence-corrected chi connectivity index (χ2v) is 7.72. The number of nitrogens with one attached hydrogen (secondary N) is 1. The number of likely N-dealkylation sites (tertiary alicyclic amines) is 1. The van der Waals surface area contributed by atoms with Crippen molar-refractivity contribution in [3.63, 3.8) is 0 Å². The number of carbonyl (C=O) groups is 3. The van der Waals surface area contributed by atoms with Gasteiger partial charge in [-0.3, -0.25) is 14.4 Å². The minimum atomic E-state index is -0.566. The van der Waals surface area contributed by atoms with Crippen molar-refractivity contribution in [1.82, 2.24) is 4.90 Å². The van der Waals surface area contributed by atoms with Crippen molar-refractivity contribution < 1.29 is 19.1 Å². The highest BCUT2D eigenvalue weighted by Gasteiger charge is 2.38. The summed E-state index contributed by atoms with van der Waals surface area (Å²) in [6.07, 6.45) is 0.0982. The molecule has 1 heterocycles. The Hall–Kier alpha value is -3.67. The highest BCUT2D eigenvalue weighted by Crippen LogP contribution is 2.29. The standard InChI is InChI=1S/C25H24N2O4/c1-17(18-8-3-2-4-9-18)27-15-20(14-24(27)29)25(30)31-16-23(28)26-22-13-7-11-19-10-5-6-12-21(19)22/h2-13,17,20H,14-16H2,1H3,(H,26,28)/t17-,20-/m1/s1. The Morgan fingerprint density at radius 2 is 1.74 bits per heavy atom. The zero-order valence-corrected chi connectivity index (χ0v) is 17.3. The van der Waals surface area contributed by atoms with Crippen LogP contribution in [0.1, 0.15) is 24.9 Å². The lowest BCUT2D eigenvalue weighted by atomic mass is 10.1. The molecule has 0 saturated carbocycles. The molecule has 1 aliphatic heterocycles. The van der Waals surface area contributed by atoms with E-state index in [4.69, 9.17) is 4.74 Å². The normalized spacial score (nSPS) is 16.9. The first kappa shape index (κ1) is 20.6. The molecule has 2 amide bonds. The van der Waals surface area contributed by atoms with Gasteiger partial charge in [0.2, 0.25) is 5.91 Å². The minimum Gasteiger partial charge on any atom is -0.455 e. The topological polar surface area (TPSA) is 75.7 Å². The van der Waals surface area contributed by atoms with Crippen LogP contribution >= 0.6 is 0 Å². The molecule has 4 rings (SSSR count). The molecule has 1 N–H and O–H groups in total. The average Bonchev–Trinajstić information content (AvgIpc) is 3.19. The monoisotopic (exact) mass is 416 g/mol. The van der Waals surface area contributed by atoms with Gasteiger partial charge in [0, 0.05) is 24.0 Å². The Morgan fingerprint density at radius 3 is 2.55 bits per heavy atom. The summed E-state index contributed by atoms with van der Waals surface area (Å²) in [7, 11) is 0. The maximum Gasteiger partial charge on any atom is 0.311 e. The second kappa shape index (κ2) is 9.00. The fourth-order valence-electron chi connectivity index (χ4n) is 3.95. The van der Waals surface area contributed by atoms with Gasteiger partial charge in [-0.2, -0.15) is 0 Å². The summed E-state index contributed by atoms with van der Waals surface area (Å²) in [4.78, 5) is 39.0. The number of anilines is 1. The summed E-state index contributed by atoms with van der Waals surface area (Å²) < 4.78 is 5.22. The summed E-state index contributed by atoms with van der Waals surface area (Å²) in [6.45, 7) is 1.85. The van der Waals surface area contributed by atoms with Gasteiger partial charge >= 0.3 is 5.97 Å². The van der Waals surface area contributed by atoms with Crippen LogP contribution in [0, 0.1) is 5.92 Å². The van der Waals surface area contributed by atoms with Crippen molar-refractivity contribution in [3.8, 4) is 0 Å². The molecule has 0 radical (unpaired) electrons. The average molecular weight is 416 g/mol. The Labute approximate surface area is 180 Å². The Kier molecular flexibility index (Phi) is 5.98. The van der Waals surface area contributed by atoms with Gasteiger partial charge in [0.25, 0.3) is 5.91 Å². The Bertz CT molecular complexity index is 1110. The lowest BCUT2D eigenvalue weighted by molar-refractivity contribution is -0.151. The number of esters is 1. The van der Waals surface area contributed by atoms with Gasteiger partial charge in [0.1, 0.15) is 0 Å². The molecule has 3 aromatic rings. The molecule has 0 spiro atoms. The van der Waals surface area contributed by atoms with Gasteiger partial charge in [-0.05, 0) is 23.9 Å². The van der Waals surface area contributed by atoms with Gasteiger partial charge in [-0.1, -0.05) is 66.7 Å². The largest absolute Gasteiger partial charge is 0.455 e. The fourth-order valence-corrected chi connectivity index (χ4v) is 3.95. The van der Waals surface area contributed by atoms with Gasteiger partial charge in [0.05, 0.1) is 12.0 Å². The van der Waals surface area contributed by atoms with E-state index in [1.165, 1.54) is 0 Å². The third kappa shape index (κ3) is 4.58. The molecule has 2 atom stereocenters. The molecule has 1 fully saturated rings. The number of fused-ring (bicyclic) bond motifs is 1. The molecule has 6 nitrogen and oxygen atoms in total. The lowest BCUT2D eigenvalue weighted by Gasteiger charge is -2.25. The SMILES string of the molecule is C[C@H](c1ccccc1)N1C[C@H](C(=O)OCC(=O)Nc2cccc3ccccc23)CC1=O. The van der Waals surface area contributed by atoms with E-state index >= 15 is 0 Å². The van der Waals surface area contributed by atoms with E-state index in [1.807, 2.05) is 73.7 Å². The number of rotatable bonds is 6. The van der Waals surface area contributed by atoms with E-state index in [1.54, 1.807) is 11.0 Å². The number of nitrogens with zero attached hydrogens (tertiary/aromatic N) is 1. The molecule has 6 heteroatoms. The Morgan fingerprint density at radius 1 is 1.03 bits per heavy atom. The summed E-state index contributed by atoms with van der Waals surface area (Å²) >= 11 is 0. The van der Waals surface area contributed by atoms with Crippen LogP contribution in [0.15, 0.2) is 72.8 Å². The third-order valence-corrected chi connectivity index (χ3v) is 5.65. The van der Waals surface area contributed by atoms with Crippen LogP contribution in [-0.4, -0.2) is 35.8 Å². The first-order valence-corrected chi connectivity index (χ1v) is 10.3. The summed E-state index contributed by atoms with van der Waals surface area (Å²) in [5.41, 5.74) is 1.68. The first-order valence-electron chi connectivity index (χ1n) is 10.3. The number of carbonyl (C=O) groups excluding carboxylic acids is 3. The fraction of sp³-hybridized carbons (Fsp3) is 0.240. The summed E-state index contributed by atoms with van der Waals surface area (Å²) in [5.74, 6) is -1.59. The zero-order chi connectivity index (χ0) is 21.8. The van der Waals surface area contributed by atoms with E-state index in [9.17, 15) is 14.4 Å². The maximum atomic E-state index is 12.5. The molecule has 158 valence electrons. The van der Waals surface area contributed by atoms with Crippen molar-refractivity contribution in [2.45, 2.75) is 19.4 Å². The van der Waals surface area contributed by atoms with Gasteiger partial charge < -0.3 is 15.0 Å². The molecule has 0 bridgehead atoms. The first-order chi connectivity index (χ1) is 15.0. The second-order valence-electron chi connectivity index (χ2n) is 7.72. The van der Waals surface area contributed by atoms with Crippen LogP contribution < -0.4 is 5.32 Å². The van der Waals surface area contributed by atoms with E-state index in [0.717, 1.165) is 16.3 Å². The van der Waals surface area contributed by atoms with Crippen LogP contribution in [0.5, 0.6) is 0 Å². The van der Waals surface area contributed by atoms with Crippen LogP contribution in [0.3, 0.4) is 0 Å². The molecule has 0 aliphatic carbocycles.